The third-order valence-corrected chi connectivity index (χ3v) is 2.97. The lowest BCUT2D eigenvalue weighted by Gasteiger charge is -2.06. The predicted octanol–water partition coefficient (Wildman–Crippen LogP) is 3.53. The Hall–Kier alpha value is -2.13. The van der Waals surface area contributed by atoms with E-state index in [0.717, 1.165) is 22.0 Å². The number of hydrogen-bond donors (Lipinski definition) is 1. The number of hydrogen-bond acceptors (Lipinski definition) is 3. The molecule has 0 fully saturated rings. The smallest absolute Gasteiger partial charge is 0.221 e. The van der Waals surface area contributed by atoms with E-state index in [1.165, 1.54) is 0 Å². The molecule has 0 unspecified atom stereocenters. The van der Waals surface area contributed by atoms with Crippen LogP contribution in [0.25, 0.3) is 22.0 Å². The van der Waals surface area contributed by atoms with Crippen molar-refractivity contribution in [1.29, 1.82) is 0 Å². The molecule has 0 atom stereocenters. The maximum Gasteiger partial charge on any atom is 0.221 e. The standard InChI is InChI=1S/C14H10ClN3/c15-13-8-12(17-14(16)18-13)11-7-3-5-9-4-1-2-6-10(9)11/h1-8H,(H2,16,17,18). The highest BCUT2D eigenvalue weighted by Crippen LogP contribution is 2.28. The number of nitrogens with zero attached hydrogens (tertiary/aromatic N) is 2. The first-order chi connectivity index (χ1) is 8.74. The minimum atomic E-state index is 0.186. The van der Waals surface area contributed by atoms with E-state index in [4.69, 9.17) is 17.3 Å². The van der Waals surface area contributed by atoms with Crippen molar-refractivity contribution >= 4 is 28.3 Å². The van der Waals surface area contributed by atoms with Crippen LogP contribution in [-0.4, -0.2) is 9.97 Å². The number of fused-ring (bicyclic) bond motifs is 1. The topological polar surface area (TPSA) is 51.8 Å². The van der Waals surface area contributed by atoms with Crippen LogP contribution in [0.4, 0.5) is 5.95 Å². The SMILES string of the molecule is Nc1nc(Cl)cc(-c2cccc3ccccc23)n1. The molecule has 3 rings (SSSR count). The minimum absolute atomic E-state index is 0.186. The number of halogens is 1. The van der Waals surface area contributed by atoms with Gasteiger partial charge in [0, 0.05) is 11.6 Å². The average molecular weight is 256 g/mol. The third-order valence-electron chi connectivity index (χ3n) is 2.78. The number of nitrogen functional groups attached to an aromatic ring is 1. The fourth-order valence-corrected chi connectivity index (χ4v) is 2.21. The van der Waals surface area contributed by atoms with Gasteiger partial charge in [-0.3, -0.25) is 0 Å². The van der Waals surface area contributed by atoms with Crippen molar-refractivity contribution in [3.63, 3.8) is 0 Å². The lowest BCUT2D eigenvalue weighted by atomic mass is 10.0. The van der Waals surface area contributed by atoms with E-state index >= 15 is 0 Å². The summed E-state index contributed by atoms with van der Waals surface area (Å²) in [6.07, 6.45) is 0. The molecule has 0 aliphatic heterocycles. The Balaban J connectivity index is 2.31. The van der Waals surface area contributed by atoms with E-state index in [2.05, 4.69) is 28.2 Å². The summed E-state index contributed by atoms with van der Waals surface area (Å²) in [6.45, 7) is 0. The molecule has 1 aromatic heterocycles. The van der Waals surface area contributed by atoms with Crippen LogP contribution < -0.4 is 5.73 Å². The van der Waals surface area contributed by atoms with Gasteiger partial charge in [0.2, 0.25) is 5.95 Å². The third kappa shape index (κ3) is 1.89. The number of anilines is 1. The van der Waals surface area contributed by atoms with Crippen LogP contribution in [0.3, 0.4) is 0 Å². The number of benzene rings is 2. The van der Waals surface area contributed by atoms with E-state index in [9.17, 15) is 0 Å². The second-order valence-corrected chi connectivity index (χ2v) is 4.35. The molecule has 2 aromatic carbocycles. The Morgan fingerprint density at radius 1 is 0.944 bits per heavy atom. The molecule has 0 spiro atoms. The molecular formula is C14H10ClN3. The maximum atomic E-state index is 5.92. The van der Waals surface area contributed by atoms with Crippen LogP contribution in [0.2, 0.25) is 5.15 Å². The van der Waals surface area contributed by atoms with E-state index in [0.29, 0.717) is 5.15 Å². The van der Waals surface area contributed by atoms with Gasteiger partial charge in [-0.2, -0.15) is 0 Å². The first-order valence-electron chi connectivity index (χ1n) is 5.52. The molecule has 1 heterocycles. The summed E-state index contributed by atoms with van der Waals surface area (Å²) in [6, 6.07) is 15.9. The Labute approximate surface area is 109 Å². The lowest BCUT2D eigenvalue weighted by molar-refractivity contribution is 1.19. The lowest BCUT2D eigenvalue weighted by Crippen LogP contribution is -1.96. The van der Waals surface area contributed by atoms with Crippen LogP contribution in [0, 0.1) is 0 Å². The van der Waals surface area contributed by atoms with Crippen molar-refractivity contribution in [2.45, 2.75) is 0 Å². The predicted molar refractivity (Wildman–Crippen MR) is 74.4 cm³/mol. The highest BCUT2D eigenvalue weighted by atomic mass is 35.5. The molecule has 88 valence electrons. The van der Waals surface area contributed by atoms with Crippen molar-refractivity contribution in [1.82, 2.24) is 9.97 Å². The molecule has 0 radical (unpaired) electrons. The Kier molecular flexibility index (Phi) is 2.61. The van der Waals surface area contributed by atoms with Crippen LogP contribution in [-0.2, 0) is 0 Å². The van der Waals surface area contributed by atoms with Gasteiger partial charge >= 0.3 is 0 Å². The summed E-state index contributed by atoms with van der Waals surface area (Å²) < 4.78 is 0. The van der Waals surface area contributed by atoms with Gasteiger partial charge < -0.3 is 5.73 Å². The summed E-state index contributed by atoms with van der Waals surface area (Å²) >= 11 is 5.92. The fraction of sp³-hybridized carbons (Fsp3) is 0. The average Bonchev–Trinajstić information content (AvgIpc) is 2.37. The van der Waals surface area contributed by atoms with Crippen molar-refractivity contribution in [2.75, 3.05) is 5.73 Å². The van der Waals surface area contributed by atoms with E-state index < -0.39 is 0 Å². The van der Waals surface area contributed by atoms with Crippen molar-refractivity contribution in [2.24, 2.45) is 0 Å². The zero-order valence-corrected chi connectivity index (χ0v) is 10.2. The Morgan fingerprint density at radius 2 is 1.72 bits per heavy atom. The summed E-state index contributed by atoms with van der Waals surface area (Å²) in [7, 11) is 0. The van der Waals surface area contributed by atoms with Crippen molar-refractivity contribution in [3.05, 3.63) is 53.7 Å². The highest BCUT2D eigenvalue weighted by Gasteiger charge is 2.07. The highest BCUT2D eigenvalue weighted by molar-refractivity contribution is 6.29. The molecule has 3 aromatic rings. The van der Waals surface area contributed by atoms with E-state index in [1.807, 2.05) is 24.3 Å². The zero-order valence-electron chi connectivity index (χ0n) is 9.47. The van der Waals surface area contributed by atoms with Gasteiger partial charge in [-0.05, 0) is 10.8 Å². The minimum Gasteiger partial charge on any atom is -0.368 e. The first kappa shape index (κ1) is 11.0. The number of rotatable bonds is 1. The largest absolute Gasteiger partial charge is 0.368 e. The van der Waals surface area contributed by atoms with Crippen LogP contribution >= 0.6 is 11.6 Å². The van der Waals surface area contributed by atoms with Crippen LogP contribution in [0.5, 0.6) is 0 Å². The van der Waals surface area contributed by atoms with Gasteiger partial charge in [0.05, 0.1) is 5.69 Å². The Bertz CT molecular complexity index is 700. The van der Waals surface area contributed by atoms with E-state index in [1.54, 1.807) is 6.07 Å². The summed E-state index contributed by atoms with van der Waals surface area (Å²) in [4.78, 5) is 8.11. The van der Waals surface area contributed by atoms with Gasteiger partial charge in [-0.15, -0.1) is 0 Å². The van der Waals surface area contributed by atoms with Crippen LogP contribution in [0.15, 0.2) is 48.5 Å². The van der Waals surface area contributed by atoms with Gasteiger partial charge in [-0.25, -0.2) is 9.97 Å². The quantitative estimate of drug-likeness (QED) is 0.677. The molecule has 2 N–H and O–H groups in total. The molecule has 0 aliphatic rings. The monoisotopic (exact) mass is 255 g/mol. The van der Waals surface area contributed by atoms with Crippen molar-refractivity contribution in [3.8, 4) is 11.3 Å². The van der Waals surface area contributed by atoms with Gasteiger partial charge in [0.1, 0.15) is 5.15 Å². The summed E-state index contributed by atoms with van der Waals surface area (Å²) in [5, 5.41) is 2.63. The molecule has 3 nitrogen and oxygen atoms in total. The molecule has 0 saturated heterocycles. The molecule has 4 heteroatoms. The number of aromatic nitrogens is 2. The molecular weight excluding hydrogens is 246 g/mol. The first-order valence-corrected chi connectivity index (χ1v) is 5.90. The Morgan fingerprint density at radius 3 is 2.56 bits per heavy atom. The van der Waals surface area contributed by atoms with Crippen LogP contribution in [0.1, 0.15) is 0 Å². The second kappa shape index (κ2) is 4.27. The second-order valence-electron chi connectivity index (χ2n) is 3.96. The molecule has 18 heavy (non-hydrogen) atoms. The molecule has 0 saturated carbocycles. The molecule has 0 amide bonds. The zero-order chi connectivity index (χ0) is 12.5. The summed E-state index contributed by atoms with van der Waals surface area (Å²) in [5.74, 6) is 0.186. The number of nitrogens with two attached hydrogens (primary N) is 1. The van der Waals surface area contributed by atoms with Gasteiger partial charge in [0.25, 0.3) is 0 Å². The van der Waals surface area contributed by atoms with Crippen molar-refractivity contribution < 1.29 is 0 Å². The van der Waals surface area contributed by atoms with Gasteiger partial charge in [-0.1, -0.05) is 54.1 Å². The summed E-state index contributed by atoms with van der Waals surface area (Å²) in [5.41, 5.74) is 7.38. The fourth-order valence-electron chi connectivity index (χ4n) is 2.02. The van der Waals surface area contributed by atoms with E-state index in [-0.39, 0.29) is 5.95 Å². The molecule has 0 aliphatic carbocycles. The normalized spacial score (nSPS) is 10.7. The maximum absolute atomic E-state index is 5.92. The molecule has 0 bridgehead atoms. The van der Waals surface area contributed by atoms with Gasteiger partial charge in [0.15, 0.2) is 0 Å².